The lowest BCUT2D eigenvalue weighted by atomic mass is 9.85. The van der Waals surface area contributed by atoms with Crippen LogP contribution in [-0.2, 0) is 6.42 Å². The Morgan fingerprint density at radius 1 is 1.00 bits per heavy atom. The van der Waals surface area contributed by atoms with Gasteiger partial charge < -0.3 is 19.2 Å². The van der Waals surface area contributed by atoms with Crippen LogP contribution in [0.5, 0.6) is 17.2 Å². The van der Waals surface area contributed by atoms with Crippen molar-refractivity contribution >= 4 is 0 Å². The number of aryl methyl sites for hydroxylation is 1. The van der Waals surface area contributed by atoms with Crippen molar-refractivity contribution < 1.29 is 14.2 Å². The van der Waals surface area contributed by atoms with Gasteiger partial charge in [0.15, 0.2) is 11.5 Å². The first-order chi connectivity index (χ1) is 13.1. The summed E-state index contributed by atoms with van der Waals surface area (Å²) in [6.07, 6.45) is 4.40. The van der Waals surface area contributed by atoms with E-state index in [1.807, 2.05) is 18.3 Å². The van der Waals surface area contributed by atoms with Gasteiger partial charge in [0.05, 0.1) is 27.7 Å². The molecule has 1 atom stereocenters. The van der Waals surface area contributed by atoms with Crippen LogP contribution in [0.1, 0.15) is 33.9 Å². The normalized spacial score (nSPS) is 11.9. The summed E-state index contributed by atoms with van der Waals surface area (Å²) < 4.78 is 16.5. The molecule has 0 radical (unpaired) electrons. The fraction of sp³-hybridized carbons (Fsp3) is 0.318. The number of hydrogen-bond donors (Lipinski definition) is 1. The number of methoxy groups -OCH3 is 3. The van der Waals surface area contributed by atoms with Gasteiger partial charge in [0.2, 0.25) is 5.75 Å². The van der Waals surface area contributed by atoms with Gasteiger partial charge in [-0.1, -0.05) is 18.2 Å². The molecule has 27 heavy (non-hydrogen) atoms. The molecule has 0 spiro atoms. The molecule has 1 unspecified atom stereocenters. The van der Waals surface area contributed by atoms with Crippen LogP contribution in [0.15, 0.2) is 42.9 Å². The predicted molar refractivity (Wildman–Crippen MR) is 106 cm³/mol. The summed E-state index contributed by atoms with van der Waals surface area (Å²) in [6.45, 7) is 4.31. The SMILES string of the molecule is COc1cc(CC(c2cnc[nH]2)c2cccc(C)c2C)cc(OC)c1OC. The first kappa shape index (κ1) is 18.8. The number of nitrogens with one attached hydrogen (secondary N) is 1. The van der Waals surface area contributed by atoms with E-state index < -0.39 is 0 Å². The maximum atomic E-state index is 5.52. The van der Waals surface area contributed by atoms with Crippen molar-refractivity contribution in [1.82, 2.24) is 9.97 Å². The minimum absolute atomic E-state index is 0.148. The topological polar surface area (TPSA) is 56.4 Å². The third-order valence-electron chi connectivity index (χ3n) is 5.08. The number of aromatic nitrogens is 2. The van der Waals surface area contributed by atoms with Gasteiger partial charge >= 0.3 is 0 Å². The molecule has 0 fully saturated rings. The summed E-state index contributed by atoms with van der Waals surface area (Å²) in [7, 11) is 4.89. The van der Waals surface area contributed by atoms with E-state index >= 15 is 0 Å². The van der Waals surface area contributed by atoms with E-state index in [1.165, 1.54) is 16.7 Å². The zero-order valence-electron chi connectivity index (χ0n) is 16.5. The van der Waals surface area contributed by atoms with Crippen LogP contribution in [0.25, 0.3) is 0 Å². The Morgan fingerprint density at radius 3 is 2.26 bits per heavy atom. The highest BCUT2D eigenvalue weighted by atomic mass is 16.5. The van der Waals surface area contributed by atoms with Crippen LogP contribution >= 0.6 is 0 Å². The molecule has 0 aliphatic carbocycles. The molecular weight excluding hydrogens is 340 g/mol. The lowest BCUT2D eigenvalue weighted by Crippen LogP contribution is -2.09. The molecule has 1 N–H and O–H groups in total. The molecule has 0 bridgehead atoms. The second kappa shape index (κ2) is 8.16. The zero-order valence-corrected chi connectivity index (χ0v) is 16.5. The maximum absolute atomic E-state index is 5.52. The molecule has 1 aromatic heterocycles. The number of H-pyrrole nitrogens is 1. The van der Waals surface area contributed by atoms with E-state index in [0.717, 1.165) is 17.7 Å². The number of hydrogen-bond acceptors (Lipinski definition) is 4. The molecule has 142 valence electrons. The summed E-state index contributed by atoms with van der Waals surface area (Å²) in [5.41, 5.74) is 6.04. The van der Waals surface area contributed by atoms with Crippen molar-refractivity contribution in [1.29, 1.82) is 0 Å². The number of aromatic amines is 1. The number of ether oxygens (including phenoxy) is 3. The second-order valence-corrected chi connectivity index (χ2v) is 6.59. The summed E-state index contributed by atoms with van der Waals surface area (Å²) >= 11 is 0. The Labute approximate surface area is 160 Å². The average Bonchev–Trinajstić information content (AvgIpc) is 3.22. The van der Waals surface area contributed by atoms with Gasteiger partial charge in [0, 0.05) is 17.8 Å². The maximum Gasteiger partial charge on any atom is 0.203 e. The fourth-order valence-electron chi connectivity index (χ4n) is 3.48. The molecule has 3 rings (SSSR count). The summed E-state index contributed by atoms with van der Waals surface area (Å²) in [6, 6.07) is 10.5. The smallest absolute Gasteiger partial charge is 0.203 e. The van der Waals surface area contributed by atoms with E-state index in [1.54, 1.807) is 27.7 Å². The highest BCUT2D eigenvalue weighted by Gasteiger charge is 2.21. The quantitative estimate of drug-likeness (QED) is 0.672. The monoisotopic (exact) mass is 366 g/mol. The minimum Gasteiger partial charge on any atom is -0.493 e. The van der Waals surface area contributed by atoms with Gasteiger partial charge in [-0.05, 0) is 54.7 Å². The van der Waals surface area contributed by atoms with Crippen LogP contribution in [0.3, 0.4) is 0 Å². The van der Waals surface area contributed by atoms with Crippen LogP contribution < -0.4 is 14.2 Å². The first-order valence-electron chi connectivity index (χ1n) is 8.92. The highest BCUT2D eigenvalue weighted by Crippen LogP contribution is 2.40. The Morgan fingerprint density at radius 2 is 1.70 bits per heavy atom. The van der Waals surface area contributed by atoms with E-state index in [-0.39, 0.29) is 5.92 Å². The first-order valence-corrected chi connectivity index (χ1v) is 8.92. The third kappa shape index (κ3) is 3.77. The van der Waals surface area contributed by atoms with Gasteiger partial charge in [0.1, 0.15) is 0 Å². The summed E-state index contributed by atoms with van der Waals surface area (Å²) in [5.74, 6) is 2.08. The van der Waals surface area contributed by atoms with Crippen molar-refractivity contribution in [2.24, 2.45) is 0 Å². The molecule has 1 heterocycles. The number of nitrogens with zero attached hydrogens (tertiary/aromatic N) is 1. The van der Waals surface area contributed by atoms with Gasteiger partial charge in [-0.3, -0.25) is 0 Å². The molecule has 0 amide bonds. The van der Waals surface area contributed by atoms with Crippen LogP contribution in [0.4, 0.5) is 0 Å². The number of imidazole rings is 1. The Kier molecular flexibility index (Phi) is 5.69. The van der Waals surface area contributed by atoms with Gasteiger partial charge in [-0.2, -0.15) is 0 Å². The molecule has 3 aromatic rings. The largest absolute Gasteiger partial charge is 0.493 e. The van der Waals surface area contributed by atoms with E-state index in [2.05, 4.69) is 42.0 Å². The molecule has 0 saturated heterocycles. The Balaban J connectivity index is 2.07. The van der Waals surface area contributed by atoms with E-state index in [4.69, 9.17) is 14.2 Å². The van der Waals surface area contributed by atoms with Crippen molar-refractivity contribution in [2.75, 3.05) is 21.3 Å². The van der Waals surface area contributed by atoms with E-state index in [0.29, 0.717) is 17.2 Å². The predicted octanol–water partition coefficient (Wildman–Crippen LogP) is 4.43. The molecule has 0 aliphatic rings. The minimum atomic E-state index is 0.148. The fourth-order valence-corrected chi connectivity index (χ4v) is 3.48. The van der Waals surface area contributed by atoms with Crippen molar-refractivity contribution in [3.63, 3.8) is 0 Å². The third-order valence-corrected chi connectivity index (χ3v) is 5.08. The standard InChI is InChI=1S/C22H26N2O3/c1-14-7-6-8-17(15(14)2)18(19-12-23-13-24-19)9-16-10-20(25-3)22(27-5)21(11-16)26-4/h6-8,10-13,18H,9H2,1-5H3,(H,23,24). The summed E-state index contributed by atoms with van der Waals surface area (Å²) in [4.78, 5) is 7.52. The number of rotatable bonds is 7. The van der Waals surface area contributed by atoms with Crippen LogP contribution in [-0.4, -0.2) is 31.3 Å². The highest BCUT2D eigenvalue weighted by molar-refractivity contribution is 5.54. The zero-order chi connectivity index (χ0) is 19.4. The number of benzene rings is 2. The molecule has 2 aromatic carbocycles. The van der Waals surface area contributed by atoms with Crippen molar-refractivity contribution in [2.45, 2.75) is 26.2 Å². The second-order valence-electron chi connectivity index (χ2n) is 6.59. The Bertz CT molecular complexity index is 879. The van der Waals surface area contributed by atoms with Gasteiger partial charge in [0.25, 0.3) is 0 Å². The lowest BCUT2D eigenvalue weighted by Gasteiger charge is -2.21. The average molecular weight is 366 g/mol. The molecule has 5 heteroatoms. The molecule has 0 aliphatic heterocycles. The van der Waals surface area contributed by atoms with Crippen LogP contribution in [0.2, 0.25) is 0 Å². The summed E-state index contributed by atoms with van der Waals surface area (Å²) in [5, 5.41) is 0. The molecule has 0 saturated carbocycles. The molecular formula is C22H26N2O3. The Hall–Kier alpha value is -2.95. The van der Waals surface area contributed by atoms with Crippen LogP contribution in [0, 0.1) is 13.8 Å². The van der Waals surface area contributed by atoms with Crippen molar-refractivity contribution in [3.8, 4) is 17.2 Å². The van der Waals surface area contributed by atoms with Crippen molar-refractivity contribution in [3.05, 3.63) is 70.8 Å². The van der Waals surface area contributed by atoms with Gasteiger partial charge in [-0.25, -0.2) is 4.98 Å². The lowest BCUT2D eigenvalue weighted by molar-refractivity contribution is 0.323. The molecule has 5 nitrogen and oxygen atoms in total. The van der Waals surface area contributed by atoms with E-state index in [9.17, 15) is 0 Å². The van der Waals surface area contributed by atoms with Gasteiger partial charge in [-0.15, -0.1) is 0 Å².